The van der Waals surface area contributed by atoms with E-state index in [1.165, 1.54) is 7.11 Å². The average molecular weight is 300 g/mol. The van der Waals surface area contributed by atoms with Crippen molar-refractivity contribution in [2.45, 2.75) is 32.7 Å². The third-order valence-corrected chi connectivity index (χ3v) is 3.52. The summed E-state index contributed by atoms with van der Waals surface area (Å²) in [6.45, 7) is 3.99. The number of benzene rings is 1. The van der Waals surface area contributed by atoms with E-state index < -0.39 is 0 Å². The summed E-state index contributed by atoms with van der Waals surface area (Å²) < 4.78 is 9.82. The van der Waals surface area contributed by atoms with E-state index in [2.05, 4.69) is 0 Å². The van der Waals surface area contributed by atoms with Crippen LogP contribution in [0.15, 0.2) is 18.2 Å². The van der Waals surface area contributed by atoms with Gasteiger partial charge in [-0.3, -0.25) is 4.79 Å². The van der Waals surface area contributed by atoms with Crippen LogP contribution in [0.3, 0.4) is 0 Å². The number of carbonyl (C=O) groups excluding carboxylic acids is 1. The monoisotopic (exact) mass is 299 g/mol. The molecule has 0 bridgehead atoms. The lowest BCUT2D eigenvalue weighted by Gasteiger charge is -2.27. The van der Waals surface area contributed by atoms with Gasteiger partial charge in [-0.15, -0.1) is 0 Å². The predicted molar refractivity (Wildman–Crippen MR) is 80.0 cm³/mol. The van der Waals surface area contributed by atoms with Crippen molar-refractivity contribution in [1.29, 1.82) is 0 Å². The Balaban J connectivity index is 2.77. The van der Waals surface area contributed by atoms with E-state index in [0.717, 1.165) is 5.56 Å². The molecule has 0 aliphatic carbocycles. The highest BCUT2D eigenvalue weighted by atomic mass is 35.5. The Labute approximate surface area is 125 Å². The van der Waals surface area contributed by atoms with Crippen LogP contribution in [0.4, 0.5) is 0 Å². The fraction of sp³-hybridized carbons (Fsp3) is 0.533. The first-order valence-corrected chi connectivity index (χ1v) is 6.82. The molecule has 0 aromatic heterocycles. The van der Waals surface area contributed by atoms with Gasteiger partial charge >= 0.3 is 5.97 Å². The first-order valence-electron chi connectivity index (χ1n) is 6.45. The molecule has 0 aliphatic rings. The number of hydrogen-bond donors (Lipinski definition) is 1. The molecule has 1 aromatic carbocycles. The summed E-state index contributed by atoms with van der Waals surface area (Å²) in [5, 5.41) is 0.534. The first-order chi connectivity index (χ1) is 9.29. The fourth-order valence-corrected chi connectivity index (χ4v) is 2.43. The highest BCUT2D eigenvalue weighted by molar-refractivity contribution is 6.32. The van der Waals surface area contributed by atoms with E-state index in [1.807, 2.05) is 19.9 Å². The molecule has 0 heterocycles. The quantitative estimate of drug-likeness (QED) is 0.819. The number of carbonyl (C=O) groups is 1. The molecular weight excluding hydrogens is 278 g/mol. The molecule has 0 spiro atoms. The molecule has 1 atom stereocenters. The second-order valence-electron chi connectivity index (χ2n) is 5.62. The van der Waals surface area contributed by atoms with Gasteiger partial charge in [-0.2, -0.15) is 0 Å². The third-order valence-electron chi connectivity index (χ3n) is 3.23. The summed E-state index contributed by atoms with van der Waals surface area (Å²) in [5.74, 6) is 0.395. The number of hydrogen-bond acceptors (Lipinski definition) is 4. The molecule has 112 valence electrons. The van der Waals surface area contributed by atoms with Crippen molar-refractivity contribution in [2.24, 2.45) is 11.1 Å². The van der Waals surface area contributed by atoms with E-state index >= 15 is 0 Å². The van der Waals surface area contributed by atoms with Crippen LogP contribution in [-0.4, -0.2) is 20.2 Å². The molecule has 5 heteroatoms. The average Bonchev–Trinajstić information content (AvgIpc) is 2.37. The largest absolute Gasteiger partial charge is 0.495 e. The minimum atomic E-state index is -0.237. The number of rotatable bonds is 6. The zero-order valence-electron chi connectivity index (χ0n) is 12.4. The standard InChI is InChI=1S/C15H22ClNO3/c1-15(2,9-14(18)20-4)8-12(17)10-5-6-13(19-3)11(16)7-10/h5-7,12H,8-9,17H2,1-4H3. The van der Waals surface area contributed by atoms with Gasteiger partial charge in [0.05, 0.1) is 25.7 Å². The Bertz CT molecular complexity index is 474. The van der Waals surface area contributed by atoms with E-state index in [-0.39, 0.29) is 17.4 Å². The Hall–Kier alpha value is -1.26. The molecule has 0 fully saturated rings. The predicted octanol–water partition coefficient (Wildman–Crippen LogP) is 3.33. The Morgan fingerprint density at radius 3 is 2.55 bits per heavy atom. The fourth-order valence-electron chi connectivity index (χ4n) is 2.16. The van der Waals surface area contributed by atoms with Crippen LogP contribution in [0.5, 0.6) is 5.75 Å². The van der Waals surface area contributed by atoms with Crippen molar-refractivity contribution in [1.82, 2.24) is 0 Å². The maximum Gasteiger partial charge on any atom is 0.306 e. The highest BCUT2D eigenvalue weighted by Gasteiger charge is 2.26. The second kappa shape index (κ2) is 6.95. The van der Waals surface area contributed by atoms with Crippen molar-refractivity contribution in [3.05, 3.63) is 28.8 Å². The van der Waals surface area contributed by atoms with Gasteiger partial charge in [0.25, 0.3) is 0 Å². The van der Waals surface area contributed by atoms with Gasteiger partial charge < -0.3 is 15.2 Å². The van der Waals surface area contributed by atoms with Gasteiger partial charge in [0.15, 0.2) is 0 Å². The second-order valence-corrected chi connectivity index (χ2v) is 6.03. The maximum atomic E-state index is 11.4. The van der Waals surface area contributed by atoms with Gasteiger partial charge in [0.2, 0.25) is 0 Å². The summed E-state index contributed by atoms with van der Waals surface area (Å²) in [6, 6.07) is 5.30. The lowest BCUT2D eigenvalue weighted by molar-refractivity contribution is -0.143. The van der Waals surface area contributed by atoms with E-state index in [9.17, 15) is 4.79 Å². The minimum absolute atomic E-state index is 0.196. The molecule has 0 radical (unpaired) electrons. The van der Waals surface area contributed by atoms with Crippen molar-refractivity contribution in [3.8, 4) is 5.75 Å². The number of ether oxygens (including phenoxy) is 2. The SMILES string of the molecule is COC(=O)CC(C)(C)CC(N)c1ccc(OC)c(Cl)c1. The Kier molecular flexibility index (Phi) is 5.84. The minimum Gasteiger partial charge on any atom is -0.495 e. The lowest BCUT2D eigenvalue weighted by Crippen LogP contribution is -2.24. The molecule has 0 amide bonds. The van der Waals surface area contributed by atoms with Crippen molar-refractivity contribution in [3.63, 3.8) is 0 Å². The van der Waals surface area contributed by atoms with Crippen molar-refractivity contribution in [2.75, 3.05) is 14.2 Å². The zero-order valence-corrected chi connectivity index (χ0v) is 13.2. The molecule has 0 saturated heterocycles. The Morgan fingerprint density at radius 1 is 1.40 bits per heavy atom. The van der Waals surface area contributed by atoms with Gasteiger partial charge in [0, 0.05) is 6.04 Å². The molecule has 1 rings (SSSR count). The van der Waals surface area contributed by atoms with Crippen LogP contribution >= 0.6 is 11.6 Å². The van der Waals surface area contributed by atoms with Crippen LogP contribution in [0.25, 0.3) is 0 Å². The molecule has 0 saturated carbocycles. The van der Waals surface area contributed by atoms with Crippen LogP contribution in [0.1, 0.15) is 38.3 Å². The lowest BCUT2D eigenvalue weighted by atomic mass is 9.81. The maximum absolute atomic E-state index is 11.4. The van der Waals surface area contributed by atoms with Gasteiger partial charge in [-0.05, 0) is 29.5 Å². The Morgan fingerprint density at radius 2 is 2.05 bits per heavy atom. The van der Waals surface area contributed by atoms with Crippen LogP contribution in [0, 0.1) is 5.41 Å². The smallest absolute Gasteiger partial charge is 0.306 e. The molecule has 4 nitrogen and oxygen atoms in total. The summed E-state index contributed by atoms with van der Waals surface area (Å²) in [6.07, 6.45) is 0.992. The molecule has 2 N–H and O–H groups in total. The van der Waals surface area contributed by atoms with Crippen LogP contribution < -0.4 is 10.5 Å². The summed E-state index contributed by atoms with van der Waals surface area (Å²) >= 11 is 6.10. The van der Waals surface area contributed by atoms with Gasteiger partial charge in [0.1, 0.15) is 5.75 Å². The normalized spacial score (nSPS) is 12.9. The van der Waals surface area contributed by atoms with Crippen LogP contribution in [0.2, 0.25) is 5.02 Å². The highest BCUT2D eigenvalue weighted by Crippen LogP contribution is 2.34. The topological polar surface area (TPSA) is 61.5 Å². The van der Waals surface area contributed by atoms with Crippen molar-refractivity contribution >= 4 is 17.6 Å². The number of methoxy groups -OCH3 is 2. The zero-order chi connectivity index (χ0) is 15.3. The number of esters is 1. The summed E-state index contributed by atoms with van der Waals surface area (Å²) in [7, 11) is 2.96. The van der Waals surface area contributed by atoms with E-state index in [1.54, 1.807) is 19.2 Å². The molecule has 0 aliphatic heterocycles. The number of halogens is 1. The first kappa shape index (κ1) is 16.8. The third kappa shape index (κ3) is 4.69. The summed E-state index contributed by atoms with van der Waals surface area (Å²) in [5.41, 5.74) is 6.89. The number of nitrogens with two attached hydrogens (primary N) is 1. The van der Waals surface area contributed by atoms with Gasteiger partial charge in [-0.1, -0.05) is 31.5 Å². The summed E-state index contributed by atoms with van der Waals surface area (Å²) in [4.78, 5) is 11.4. The van der Waals surface area contributed by atoms with Gasteiger partial charge in [-0.25, -0.2) is 0 Å². The molecule has 1 unspecified atom stereocenters. The van der Waals surface area contributed by atoms with E-state index in [0.29, 0.717) is 23.6 Å². The van der Waals surface area contributed by atoms with E-state index in [4.69, 9.17) is 26.8 Å². The van der Waals surface area contributed by atoms with Crippen molar-refractivity contribution < 1.29 is 14.3 Å². The van der Waals surface area contributed by atoms with Crippen LogP contribution in [-0.2, 0) is 9.53 Å². The molecular formula is C15H22ClNO3. The molecule has 20 heavy (non-hydrogen) atoms. The molecule has 1 aromatic rings.